The van der Waals surface area contributed by atoms with Gasteiger partial charge in [0.15, 0.2) is 6.10 Å². The third-order valence-corrected chi connectivity index (χ3v) is 3.79. The van der Waals surface area contributed by atoms with Crippen LogP contribution < -0.4 is 5.32 Å². The molecule has 0 radical (unpaired) electrons. The Morgan fingerprint density at radius 3 is 2.11 bits per heavy atom. The molecule has 0 unspecified atom stereocenters. The summed E-state index contributed by atoms with van der Waals surface area (Å²) >= 11 is 0. The van der Waals surface area contributed by atoms with E-state index in [0.717, 1.165) is 42.5 Å². The van der Waals surface area contributed by atoms with Gasteiger partial charge in [0, 0.05) is 17.7 Å². The van der Waals surface area contributed by atoms with Crippen molar-refractivity contribution in [2.75, 3.05) is 5.32 Å². The van der Waals surface area contributed by atoms with Crippen LogP contribution >= 0.6 is 0 Å². The summed E-state index contributed by atoms with van der Waals surface area (Å²) < 4.78 is 76.7. The van der Waals surface area contributed by atoms with E-state index in [4.69, 9.17) is 0 Å². The second-order valence-electron chi connectivity index (χ2n) is 5.73. The van der Waals surface area contributed by atoms with Crippen molar-refractivity contribution in [2.45, 2.75) is 31.8 Å². The lowest BCUT2D eigenvalue weighted by molar-refractivity contribution is -0.206. The third kappa shape index (κ3) is 5.00. The summed E-state index contributed by atoms with van der Waals surface area (Å²) in [4.78, 5) is 11.6. The number of hydrogen-bond acceptors (Lipinski definition) is 2. The highest BCUT2D eigenvalue weighted by atomic mass is 19.4. The summed E-state index contributed by atoms with van der Waals surface area (Å²) in [5.74, 6) is -0.430. The van der Waals surface area contributed by atoms with E-state index < -0.39 is 35.5 Å². The monoisotopic (exact) mass is 391 g/mol. The first-order chi connectivity index (χ1) is 12.4. The van der Waals surface area contributed by atoms with Gasteiger partial charge in [0.1, 0.15) is 0 Å². The molecule has 9 heteroatoms. The fraction of sp³-hybridized carbons (Fsp3) is 0.278. The molecule has 27 heavy (non-hydrogen) atoms. The maximum absolute atomic E-state index is 13.0. The molecule has 0 spiro atoms. The molecule has 2 rings (SSSR count). The van der Waals surface area contributed by atoms with Crippen molar-refractivity contribution in [3.63, 3.8) is 0 Å². The van der Waals surface area contributed by atoms with Crippen molar-refractivity contribution in [3.8, 4) is 11.1 Å². The van der Waals surface area contributed by atoms with E-state index in [2.05, 4.69) is 5.32 Å². The minimum atomic E-state index is -4.86. The zero-order valence-corrected chi connectivity index (χ0v) is 13.9. The number of carbonyl (C=O) groups is 1. The zero-order valence-electron chi connectivity index (χ0n) is 13.9. The van der Waals surface area contributed by atoms with Gasteiger partial charge < -0.3 is 10.4 Å². The van der Waals surface area contributed by atoms with Gasteiger partial charge in [-0.1, -0.05) is 31.2 Å². The molecule has 0 bridgehead atoms. The molecule has 0 fully saturated rings. The Balaban J connectivity index is 2.49. The van der Waals surface area contributed by atoms with Gasteiger partial charge >= 0.3 is 12.4 Å². The first kappa shape index (κ1) is 20.8. The Morgan fingerprint density at radius 2 is 1.63 bits per heavy atom. The second-order valence-corrected chi connectivity index (χ2v) is 5.73. The molecule has 0 aliphatic carbocycles. The number of hydrogen-bond donors (Lipinski definition) is 2. The molecule has 0 saturated carbocycles. The van der Waals surface area contributed by atoms with E-state index in [0.29, 0.717) is 0 Å². The van der Waals surface area contributed by atoms with Crippen LogP contribution in [0.1, 0.15) is 30.6 Å². The van der Waals surface area contributed by atoms with E-state index in [9.17, 15) is 36.2 Å². The Kier molecular flexibility index (Phi) is 5.84. The lowest BCUT2D eigenvalue weighted by Gasteiger charge is -2.17. The number of aliphatic hydroxyl groups is 1. The van der Waals surface area contributed by atoms with Crippen molar-refractivity contribution >= 4 is 11.6 Å². The normalized spacial score (nSPS) is 13.3. The van der Waals surface area contributed by atoms with E-state index in [-0.39, 0.29) is 23.2 Å². The largest absolute Gasteiger partial charge is 0.418 e. The molecule has 1 amide bonds. The highest BCUT2D eigenvalue weighted by molar-refractivity contribution is 5.95. The SMILES string of the molecule is CCC(=O)Nc1ccc(C(F)(F)F)cc1-c1ccc([C@@H](O)C(F)(F)F)cc1. The van der Waals surface area contributed by atoms with Crippen LogP contribution in [0.25, 0.3) is 11.1 Å². The van der Waals surface area contributed by atoms with Crippen LogP contribution in [0.3, 0.4) is 0 Å². The van der Waals surface area contributed by atoms with Crippen LogP contribution in [0.4, 0.5) is 32.0 Å². The molecule has 0 aliphatic heterocycles. The third-order valence-electron chi connectivity index (χ3n) is 3.79. The second kappa shape index (κ2) is 7.59. The van der Waals surface area contributed by atoms with Crippen molar-refractivity contribution in [2.24, 2.45) is 0 Å². The highest BCUT2D eigenvalue weighted by Gasteiger charge is 2.39. The number of aliphatic hydroxyl groups excluding tert-OH is 1. The predicted octanol–water partition coefficient (Wildman–Crippen LogP) is 5.32. The van der Waals surface area contributed by atoms with Gasteiger partial charge in [-0.15, -0.1) is 0 Å². The number of benzene rings is 2. The van der Waals surface area contributed by atoms with Crippen LogP contribution in [0, 0.1) is 0 Å². The molecule has 0 aromatic heterocycles. The van der Waals surface area contributed by atoms with Crippen molar-refractivity contribution < 1.29 is 36.2 Å². The van der Waals surface area contributed by atoms with Gasteiger partial charge in [-0.25, -0.2) is 0 Å². The lowest BCUT2D eigenvalue weighted by atomic mass is 9.98. The minimum absolute atomic E-state index is 0.000302. The Morgan fingerprint density at radius 1 is 1.04 bits per heavy atom. The number of alkyl halides is 6. The fourth-order valence-corrected chi connectivity index (χ4v) is 2.34. The van der Waals surface area contributed by atoms with Crippen LogP contribution in [0.15, 0.2) is 42.5 Å². The average molecular weight is 391 g/mol. The predicted molar refractivity (Wildman–Crippen MR) is 86.8 cm³/mol. The van der Waals surface area contributed by atoms with Crippen LogP contribution in [-0.4, -0.2) is 17.2 Å². The Bertz CT molecular complexity index is 812. The quantitative estimate of drug-likeness (QED) is 0.694. The summed E-state index contributed by atoms with van der Waals surface area (Å²) in [7, 11) is 0. The molecule has 0 aliphatic rings. The highest BCUT2D eigenvalue weighted by Crippen LogP contribution is 2.38. The average Bonchev–Trinajstić information content (AvgIpc) is 2.59. The standard InChI is InChI=1S/C18H15F6NO2/c1-2-15(26)25-14-8-7-12(17(19,20)21)9-13(14)10-3-5-11(6-4-10)16(27)18(22,23)24/h3-9,16,27H,2H2,1H3,(H,25,26)/t16-/m1/s1. The minimum Gasteiger partial charge on any atom is -0.379 e. The summed E-state index contributed by atoms with van der Waals surface area (Å²) in [5, 5.41) is 11.7. The van der Waals surface area contributed by atoms with Crippen LogP contribution in [-0.2, 0) is 11.0 Å². The molecule has 2 aromatic rings. The van der Waals surface area contributed by atoms with Gasteiger partial charge in [-0.2, -0.15) is 26.3 Å². The lowest BCUT2D eigenvalue weighted by Crippen LogP contribution is -2.20. The van der Waals surface area contributed by atoms with E-state index in [1.165, 1.54) is 0 Å². The first-order valence-electron chi connectivity index (χ1n) is 7.79. The van der Waals surface area contributed by atoms with Gasteiger partial charge in [0.25, 0.3) is 0 Å². The first-order valence-corrected chi connectivity index (χ1v) is 7.79. The molecule has 0 saturated heterocycles. The summed E-state index contributed by atoms with van der Waals surface area (Å²) in [6.45, 7) is 1.56. The molecule has 0 heterocycles. The summed E-state index contributed by atoms with van der Waals surface area (Å²) in [5.41, 5.74) is -1.16. The number of rotatable bonds is 4. The van der Waals surface area contributed by atoms with Crippen molar-refractivity contribution in [1.29, 1.82) is 0 Å². The number of halogens is 6. The van der Waals surface area contributed by atoms with Crippen molar-refractivity contribution in [1.82, 2.24) is 0 Å². The molecular weight excluding hydrogens is 376 g/mol. The number of nitrogens with one attached hydrogen (secondary N) is 1. The Hall–Kier alpha value is -2.55. The fourth-order valence-electron chi connectivity index (χ4n) is 2.34. The van der Waals surface area contributed by atoms with Crippen molar-refractivity contribution in [3.05, 3.63) is 53.6 Å². The maximum atomic E-state index is 13.0. The molecule has 2 aromatic carbocycles. The Labute approximate surface area is 150 Å². The maximum Gasteiger partial charge on any atom is 0.418 e. The topological polar surface area (TPSA) is 49.3 Å². The molecule has 146 valence electrons. The van der Waals surface area contributed by atoms with E-state index >= 15 is 0 Å². The van der Waals surface area contributed by atoms with E-state index in [1.807, 2.05) is 0 Å². The number of carbonyl (C=O) groups excluding carboxylic acids is 1. The number of amides is 1. The van der Waals surface area contributed by atoms with Crippen LogP contribution in [0.5, 0.6) is 0 Å². The smallest absolute Gasteiger partial charge is 0.379 e. The molecule has 1 atom stereocenters. The molecule has 2 N–H and O–H groups in total. The zero-order chi connectivity index (χ0) is 20.4. The molecule has 3 nitrogen and oxygen atoms in total. The van der Waals surface area contributed by atoms with Gasteiger partial charge in [0.2, 0.25) is 5.91 Å². The van der Waals surface area contributed by atoms with Gasteiger partial charge in [0.05, 0.1) is 5.56 Å². The van der Waals surface area contributed by atoms with Gasteiger partial charge in [-0.05, 0) is 29.3 Å². The van der Waals surface area contributed by atoms with Gasteiger partial charge in [-0.3, -0.25) is 4.79 Å². The summed E-state index contributed by atoms with van der Waals surface area (Å²) in [6, 6.07) is 6.95. The summed E-state index contributed by atoms with van der Waals surface area (Å²) in [6.07, 6.45) is -12.1. The van der Waals surface area contributed by atoms with Crippen LogP contribution in [0.2, 0.25) is 0 Å². The number of anilines is 1. The molecular formula is C18H15F6NO2. The van der Waals surface area contributed by atoms with E-state index in [1.54, 1.807) is 6.92 Å².